The SMILES string of the molecule is Cn1cnc(CCNC(=O)c2ccc(Br)cc2N)n1. The highest BCUT2D eigenvalue weighted by atomic mass is 79.9. The largest absolute Gasteiger partial charge is 0.398 e. The Balaban J connectivity index is 1.90. The summed E-state index contributed by atoms with van der Waals surface area (Å²) in [6, 6.07) is 5.18. The van der Waals surface area contributed by atoms with Crippen molar-refractivity contribution in [2.24, 2.45) is 7.05 Å². The minimum Gasteiger partial charge on any atom is -0.398 e. The number of nitrogens with one attached hydrogen (secondary N) is 1. The number of benzene rings is 1. The van der Waals surface area contributed by atoms with Gasteiger partial charge in [-0.05, 0) is 18.2 Å². The Labute approximate surface area is 119 Å². The Morgan fingerprint density at radius 3 is 2.95 bits per heavy atom. The van der Waals surface area contributed by atoms with E-state index in [1.54, 1.807) is 36.3 Å². The van der Waals surface area contributed by atoms with E-state index in [0.29, 0.717) is 30.0 Å². The molecule has 6 nitrogen and oxygen atoms in total. The summed E-state index contributed by atoms with van der Waals surface area (Å²) >= 11 is 3.30. The van der Waals surface area contributed by atoms with Crippen LogP contribution in [-0.2, 0) is 13.5 Å². The Bertz CT molecular complexity index is 596. The number of aromatic nitrogens is 3. The maximum Gasteiger partial charge on any atom is 0.253 e. The number of nitrogens with two attached hydrogens (primary N) is 1. The smallest absolute Gasteiger partial charge is 0.253 e. The summed E-state index contributed by atoms with van der Waals surface area (Å²) in [6.45, 7) is 0.471. The average molecular weight is 324 g/mol. The van der Waals surface area contributed by atoms with Crippen molar-refractivity contribution < 1.29 is 4.79 Å². The first-order valence-electron chi connectivity index (χ1n) is 5.74. The summed E-state index contributed by atoms with van der Waals surface area (Å²) in [5, 5.41) is 6.93. The zero-order chi connectivity index (χ0) is 13.8. The minimum atomic E-state index is -0.194. The number of aryl methyl sites for hydroxylation is 1. The van der Waals surface area contributed by atoms with Gasteiger partial charge in [0.25, 0.3) is 5.91 Å². The fourth-order valence-electron chi connectivity index (χ4n) is 1.62. The number of nitrogen functional groups attached to an aromatic ring is 1. The van der Waals surface area contributed by atoms with Crippen LogP contribution in [0.3, 0.4) is 0 Å². The first-order chi connectivity index (χ1) is 9.06. The van der Waals surface area contributed by atoms with Crippen molar-refractivity contribution in [2.75, 3.05) is 12.3 Å². The molecule has 0 aliphatic heterocycles. The van der Waals surface area contributed by atoms with E-state index in [0.717, 1.165) is 4.47 Å². The van der Waals surface area contributed by atoms with Crippen molar-refractivity contribution in [3.63, 3.8) is 0 Å². The van der Waals surface area contributed by atoms with Crippen LogP contribution < -0.4 is 11.1 Å². The molecule has 7 heteroatoms. The number of hydrogen-bond acceptors (Lipinski definition) is 4. The van der Waals surface area contributed by atoms with Gasteiger partial charge in [-0.1, -0.05) is 15.9 Å². The number of anilines is 1. The number of carbonyl (C=O) groups is 1. The van der Waals surface area contributed by atoms with E-state index in [2.05, 4.69) is 31.3 Å². The second kappa shape index (κ2) is 5.83. The van der Waals surface area contributed by atoms with Crippen molar-refractivity contribution >= 4 is 27.5 Å². The van der Waals surface area contributed by atoms with Gasteiger partial charge in [0.2, 0.25) is 0 Å². The highest BCUT2D eigenvalue weighted by molar-refractivity contribution is 9.10. The number of rotatable bonds is 4. The summed E-state index contributed by atoms with van der Waals surface area (Å²) in [5.41, 5.74) is 6.71. The molecule has 0 fully saturated rings. The topological polar surface area (TPSA) is 85.8 Å². The molecule has 0 saturated heterocycles. The number of nitrogens with zero attached hydrogens (tertiary/aromatic N) is 3. The first kappa shape index (κ1) is 13.5. The van der Waals surface area contributed by atoms with E-state index in [9.17, 15) is 4.79 Å². The monoisotopic (exact) mass is 323 g/mol. The van der Waals surface area contributed by atoms with Gasteiger partial charge in [-0.3, -0.25) is 9.48 Å². The lowest BCUT2D eigenvalue weighted by molar-refractivity contribution is 0.0955. The zero-order valence-electron chi connectivity index (χ0n) is 10.4. The van der Waals surface area contributed by atoms with Gasteiger partial charge in [0, 0.05) is 30.2 Å². The molecule has 0 spiro atoms. The quantitative estimate of drug-likeness (QED) is 0.826. The summed E-state index contributed by atoms with van der Waals surface area (Å²) in [6.07, 6.45) is 2.22. The predicted octanol–water partition coefficient (Wildman–Crippen LogP) is 1.13. The first-order valence-corrected chi connectivity index (χ1v) is 6.53. The molecule has 2 rings (SSSR count). The molecule has 0 aliphatic rings. The Kier molecular flexibility index (Phi) is 4.16. The predicted molar refractivity (Wildman–Crippen MR) is 75.6 cm³/mol. The lowest BCUT2D eigenvalue weighted by atomic mass is 10.1. The molecule has 0 saturated carbocycles. The van der Waals surface area contributed by atoms with E-state index < -0.39 is 0 Å². The van der Waals surface area contributed by atoms with Gasteiger partial charge in [0.05, 0.1) is 5.56 Å². The van der Waals surface area contributed by atoms with Crippen LogP contribution in [0.2, 0.25) is 0 Å². The minimum absolute atomic E-state index is 0.194. The fourth-order valence-corrected chi connectivity index (χ4v) is 2.00. The summed E-state index contributed by atoms with van der Waals surface area (Å²) < 4.78 is 2.48. The molecular formula is C12H14BrN5O. The van der Waals surface area contributed by atoms with Crippen LogP contribution in [0, 0.1) is 0 Å². The summed E-state index contributed by atoms with van der Waals surface area (Å²) in [7, 11) is 1.80. The molecule has 0 radical (unpaired) electrons. The third-order valence-electron chi connectivity index (χ3n) is 2.54. The van der Waals surface area contributed by atoms with E-state index in [-0.39, 0.29) is 5.91 Å². The average Bonchev–Trinajstić information content (AvgIpc) is 2.75. The molecule has 1 aromatic heterocycles. The highest BCUT2D eigenvalue weighted by Gasteiger charge is 2.09. The molecule has 0 aliphatic carbocycles. The normalized spacial score (nSPS) is 10.4. The molecule has 0 bridgehead atoms. The highest BCUT2D eigenvalue weighted by Crippen LogP contribution is 2.18. The van der Waals surface area contributed by atoms with Gasteiger partial charge < -0.3 is 11.1 Å². The van der Waals surface area contributed by atoms with Crippen molar-refractivity contribution in [3.8, 4) is 0 Å². The van der Waals surface area contributed by atoms with Gasteiger partial charge in [-0.2, -0.15) is 5.10 Å². The molecule has 0 atom stereocenters. The molecule has 19 heavy (non-hydrogen) atoms. The lowest BCUT2D eigenvalue weighted by Crippen LogP contribution is -2.26. The van der Waals surface area contributed by atoms with Crippen LogP contribution in [0.25, 0.3) is 0 Å². The number of hydrogen-bond donors (Lipinski definition) is 2. The molecular weight excluding hydrogens is 310 g/mol. The Morgan fingerprint density at radius 2 is 2.32 bits per heavy atom. The zero-order valence-corrected chi connectivity index (χ0v) is 12.0. The molecule has 3 N–H and O–H groups in total. The molecule has 100 valence electrons. The van der Waals surface area contributed by atoms with Gasteiger partial charge >= 0.3 is 0 Å². The van der Waals surface area contributed by atoms with Gasteiger partial charge in [-0.25, -0.2) is 4.98 Å². The van der Waals surface area contributed by atoms with Crippen molar-refractivity contribution in [3.05, 3.63) is 40.4 Å². The van der Waals surface area contributed by atoms with Crippen LogP contribution in [-0.4, -0.2) is 27.2 Å². The Hall–Kier alpha value is -1.89. The van der Waals surface area contributed by atoms with E-state index in [1.165, 1.54) is 0 Å². The second-order valence-electron chi connectivity index (χ2n) is 4.07. The fraction of sp³-hybridized carbons (Fsp3) is 0.250. The van der Waals surface area contributed by atoms with Gasteiger partial charge in [0.15, 0.2) is 5.82 Å². The third kappa shape index (κ3) is 3.54. The maximum atomic E-state index is 11.9. The number of carbonyl (C=O) groups excluding carboxylic acids is 1. The van der Waals surface area contributed by atoms with Crippen molar-refractivity contribution in [1.29, 1.82) is 0 Å². The Morgan fingerprint density at radius 1 is 1.53 bits per heavy atom. The van der Waals surface area contributed by atoms with E-state index in [4.69, 9.17) is 5.73 Å². The molecule has 2 aromatic rings. The molecule has 1 aromatic carbocycles. The lowest BCUT2D eigenvalue weighted by Gasteiger charge is -2.06. The summed E-state index contributed by atoms with van der Waals surface area (Å²) in [4.78, 5) is 16.0. The van der Waals surface area contributed by atoms with Crippen LogP contribution in [0.15, 0.2) is 29.0 Å². The standard InChI is InChI=1S/C12H14BrN5O/c1-18-7-16-11(17-18)4-5-15-12(19)9-3-2-8(13)6-10(9)14/h2-3,6-7H,4-5,14H2,1H3,(H,15,19). The van der Waals surface area contributed by atoms with Gasteiger partial charge in [0.1, 0.15) is 6.33 Å². The second-order valence-corrected chi connectivity index (χ2v) is 4.99. The molecule has 0 unspecified atom stereocenters. The maximum absolute atomic E-state index is 11.9. The van der Waals surface area contributed by atoms with E-state index in [1.807, 2.05) is 0 Å². The van der Waals surface area contributed by atoms with E-state index >= 15 is 0 Å². The van der Waals surface area contributed by atoms with Crippen LogP contribution in [0.5, 0.6) is 0 Å². The molecule has 1 heterocycles. The summed E-state index contributed by atoms with van der Waals surface area (Å²) in [5.74, 6) is 0.507. The number of halogens is 1. The van der Waals surface area contributed by atoms with Crippen molar-refractivity contribution in [1.82, 2.24) is 20.1 Å². The van der Waals surface area contributed by atoms with Crippen LogP contribution in [0.4, 0.5) is 5.69 Å². The number of amides is 1. The molecule has 1 amide bonds. The van der Waals surface area contributed by atoms with Crippen LogP contribution >= 0.6 is 15.9 Å². The van der Waals surface area contributed by atoms with Crippen molar-refractivity contribution in [2.45, 2.75) is 6.42 Å². The third-order valence-corrected chi connectivity index (χ3v) is 3.03. The van der Waals surface area contributed by atoms with Gasteiger partial charge in [-0.15, -0.1) is 0 Å². The van der Waals surface area contributed by atoms with Crippen LogP contribution in [0.1, 0.15) is 16.2 Å².